The fourth-order valence-electron chi connectivity index (χ4n) is 3.47. The lowest BCUT2D eigenvalue weighted by molar-refractivity contribution is 0.122. The normalized spacial score (nSPS) is 28.2. The summed E-state index contributed by atoms with van der Waals surface area (Å²) < 4.78 is 0. The van der Waals surface area contributed by atoms with Crippen LogP contribution in [0.15, 0.2) is 30.3 Å². The second-order valence-electron chi connectivity index (χ2n) is 6.72. The zero-order chi connectivity index (χ0) is 13.8. The predicted octanol–water partition coefficient (Wildman–Crippen LogP) is 3.08. The third-order valence-electron chi connectivity index (χ3n) is 5.15. The Bertz CT molecular complexity index is 399. The molecule has 1 saturated carbocycles. The Labute approximate surface area is 123 Å². The molecule has 1 aromatic rings. The predicted molar refractivity (Wildman–Crippen MR) is 84.9 cm³/mol. The molecule has 110 valence electrons. The summed E-state index contributed by atoms with van der Waals surface area (Å²) in [4.78, 5) is 2.71. The molecule has 2 aliphatic rings. The lowest BCUT2D eigenvalue weighted by Gasteiger charge is -2.40. The molecule has 1 aromatic carbocycles. The zero-order valence-electron chi connectivity index (χ0n) is 12.7. The quantitative estimate of drug-likeness (QED) is 0.886. The third-order valence-corrected chi connectivity index (χ3v) is 5.15. The van der Waals surface area contributed by atoms with E-state index >= 15 is 0 Å². The van der Waals surface area contributed by atoms with Crippen LogP contribution in [0.4, 0.5) is 0 Å². The van der Waals surface area contributed by atoms with Crippen molar-refractivity contribution in [2.24, 2.45) is 5.92 Å². The van der Waals surface area contributed by atoms with Gasteiger partial charge in [0.2, 0.25) is 0 Å². The summed E-state index contributed by atoms with van der Waals surface area (Å²) in [6.45, 7) is 6.02. The molecule has 2 fully saturated rings. The molecular weight excluding hydrogens is 244 g/mol. The Morgan fingerprint density at radius 3 is 2.70 bits per heavy atom. The first-order valence-electron chi connectivity index (χ1n) is 8.32. The molecule has 3 rings (SSSR count). The molecule has 0 aromatic heterocycles. The van der Waals surface area contributed by atoms with Gasteiger partial charge in [-0.1, -0.05) is 49.6 Å². The van der Waals surface area contributed by atoms with E-state index in [0.29, 0.717) is 12.1 Å². The molecule has 2 nitrogen and oxygen atoms in total. The van der Waals surface area contributed by atoms with E-state index in [-0.39, 0.29) is 0 Å². The number of rotatable bonds is 5. The molecule has 0 radical (unpaired) electrons. The minimum absolute atomic E-state index is 0.620. The topological polar surface area (TPSA) is 15.3 Å². The van der Waals surface area contributed by atoms with Crippen molar-refractivity contribution in [3.05, 3.63) is 35.9 Å². The first kappa shape index (κ1) is 14.1. The van der Waals surface area contributed by atoms with Gasteiger partial charge in [-0.15, -0.1) is 0 Å². The highest BCUT2D eigenvalue weighted by Crippen LogP contribution is 2.29. The summed E-state index contributed by atoms with van der Waals surface area (Å²) in [5, 5.41) is 3.72. The average molecular weight is 272 g/mol. The van der Waals surface area contributed by atoms with E-state index in [1.807, 2.05) is 0 Å². The van der Waals surface area contributed by atoms with E-state index in [4.69, 9.17) is 0 Å². The van der Waals surface area contributed by atoms with Crippen LogP contribution in [-0.2, 0) is 6.42 Å². The van der Waals surface area contributed by atoms with Crippen LogP contribution in [-0.4, -0.2) is 36.6 Å². The van der Waals surface area contributed by atoms with Crippen LogP contribution >= 0.6 is 0 Å². The van der Waals surface area contributed by atoms with Gasteiger partial charge in [-0.2, -0.15) is 0 Å². The van der Waals surface area contributed by atoms with Gasteiger partial charge in [0.1, 0.15) is 0 Å². The second kappa shape index (κ2) is 6.73. The highest BCUT2D eigenvalue weighted by atomic mass is 15.2. The molecule has 20 heavy (non-hydrogen) atoms. The lowest BCUT2D eigenvalue weighted by atomic mass is 9.83. The molecule has 0 spiro atoms. The highest BCUT2D eigenvalue weighted by molar-refractivity contribution is 5.16. The Morgan fingerprint density at radius 1 is 1.20 bits per heavy atom. The summed E-state index contributed by atoms with van der Waals surface area (Å²) in [7, 11) is 0. The zero-order valence-corrected chi connectivity index (χ0v) is 12.7. The van der Waals surface area contributed by atoms with Gasteiger partial charge in [0.15, 0.2) is 0 Å². The van der Waals surface area contributed by atoms with Gasteiger partial charge >= 0.3 is 0 Å². The maximum absolute atomic E-state index is 3.72. The third kappa shape index (κ3) is 3.62. The van der Waals surface area contributed by atoms with Gasteiger partial charge < -0.3 is 5.32 Å². The van der Waals surface area contributed by atoms with Crippen LogP contribution in [0.3, 0.4) is 0 Å². The van der Waals surface area contributed by atoms with E-state index in [9.17, 15) is 0 Å². The molecule has 2 atom stereocenters. The number of hydrogen-bond donors (Lipinski definition) is 1. The van der Waals surface area contributed by atoms with E-state index < -0.39 is 0 Å². The molecule has 1 N–H and O–H groups in total. The van der Waals surface area contributed by atoms with Crippen LogP contribution in [0.25, 0.3) is 0 Å². The number of benzene rings is 1. The summed E-state index contributed by atoms with van der Waals surface area (Å²) >= 11 is 0. The summed E-state index contributed by atoms with van der Waals surface area (Å²) in [5.74, 6) is 1.03. The Hall–Kier alpha value is -0.860. The molecule has 1 aliphatic carbocycles. The fraction of sp³-hybridized carbons (Fsp3) is 0.667. The highest BCUT2D eigenvalue weighted by Gasteiger charge is 2.26. The smallest absolute Gasteiger partial charge is 0.0236 e. The van der Waals surface area contributed by atoms with Gasteiger partial charge in [-0.25, -0.2) is 0 Å². The minimum atomic E-state index is 0.620. The van der Waals surface area contributed by atoms with Gasteiger partial charge in [-0.3, -0.25) is 4.90 Å². The van der Waals surface area contributed by atoms with Crippen LogP contribution in [0, 0.1) is 5.92 Å². The molecule has 0 bridgehead atoms. The summed E-state index contributed by atoms with van der Waals surface area (Å²) in [5.41, 5.74) is 1.46. The van der Waals surface area contributed by atoms with Gasteiger partial charge in [-0.05, 0) is 37.8 Å². The van der Waals surface area contributed by atoms with Crippen molar-refractivity contribution >= 4 is 0 Å². The van der Waals surface area contributed by atoms with Crippen molar-refractivity contribution in [3.8, 4) is 0 Å². The van der Waals surface area contributed by atoms with Gasteiger partial charge in [0.05, 0.1) is 0 Å². The maximum atomic E-state index is 3.72. The fourth-order valence-corrected chi connectivity index (χ4v) is 3.47. The summed E-state index contributed by atoms with van der Waals surface area (Å²) in [6, 6.07) is 12.2. The van der Waals surface area contributed by atoms with Crippen LogP contribution < -0.4 is 5.32 Å². The number of piperazine rings is 1. The minimum Gasteiger partial charge on any atom is -0.311 e. The van der Waals surface area contributed by atoms with E-state index in [1.54, 1.807) is 0 Å². The van der Waals surface area contributed by atoms with Gasteiger partial charge in [0.25, 0.3) is 0 Å². The van der Waals surface area contributed by atoms with Crippen molar-refractivity contribution in [3.63, 3.8) is 0 Å². The summed E-state index contributed by atoms with van der Waals surface area (Å²) in [6.07, 6.45) is 7.01. The molecule has 1 saturated heterocycles. The number of nitrogens with zero attached hydrogens (tertiary/aromatic N) is 1. The van der Waals surface area contributed by atoms with E-state index in [0.717, 1.165) is 18.9 Å². The Kier molecular flexibility index (Phi) is 4.74. The van der Waals surface area contributed by atoms with E-state index in [2.05, 4.69) is 47.5 Å². The molecule has 1 heterocycles. The molecule has 1 aliphatic heterocycles. The molecular formula is C18H28N2. The Morgan fingerprint density at radius 2 is 2.00 bits per heavy atom. The maximum Gasteiger partial charge on any atom is 0.0236 e. The average Bonchev–Trinajstić information content (AvgIpc) is 2.42. The van der Waals surface area contributed by atoms with E-state index in [1.165, 1.54) is 44.3 Å². The number of nitrogens with one attached hydrogen (secondary N) is 1. The van der Waals surface area contributed by atoms with Crippen molar-refractivity contribution in [1.82, 2.24) is 10.2 Å². The van der Waals surface area contributed by atoms with Crippen LogP contribution in [0.2, 0.25) is 0 Å². The van der Waals surface area contributed by atoms with Crippen LogP contribution in [0.1, 0.15) is 38.2 Å². The SMILES string of the molecule is CC1CNC(Cc2ccccc2)CN1CCC1CCC1. The molecule has 2 heteroatoms. The number of hydrogen-bond acceptors (Lipinski definition) is 2. The van der Waals surface area contributed by atoms with Gasteiger partial charge in [0, 0.05) is 25.2 Å². The first-order valence-corrected chi connectivity index (χ1v) is 8.32. The van der Waals surface area contributed by atoms with Crippen LogP contribution in [0.5, 0.6) is 0 Å². The lowest BCUT2D eigenvalue weighted by Crippen LogP contribution is -2.56. The largest absolute Gasteiger partial charge is 0.311 e. The van der Waals surface area contributed by atoms with Crippen molar-refractivity contribution < 1.29 is 0 Å². The van der Waals surface area contributed by atoms with Crippen molar-refractivity contribution in [2.75, 3.05) is 19.6 Å². The van der Waals surface area contributed by atoms with Crippen molar-refractivity contribution in [2.45, 2.75) is 51.1 Å². The standard InChI is InChI=1S/C18H28N2/c1-15-13-19-18(12-17-6-3-2-4-7-17)14-20(15)11-10-16-8-5-9-16/h2-4,6-7,15-16,18-19H,5,8-14H2,1H3. The second-order valence-corrected chi connectivity index (χ2v) is 6.72. The Balaban J connectivity index is 1.49. The molecule has 2 unspecified atom stereocenters. The molecule has 0 amide bonds. The van der Waals surface area contributed by atoms with Crippen molar-refractivity contribution in [1.29, 1.82) is 0 Å². The monoisotopic (exact) mass is 272 g/mol. The first-order chi connectivity index (χ1) is 9.81.